The molecule has 1 aliphatic heterocycles. The van der Waals surface area contributed by atoms with Gasteiger partial charge in [0.1, 0.15) is 0 Å². The van der Waals surface area contributed by atoms with Crippen molar-refractivity contribution in [1.29, 1.82) is 0 Å². The van der Waals surface area contributed by atoms with Crippen LogP contribution in [0, 0.1) is 25.2 Å². The second-order valence-corrected chi connectivity index (χ2v) is 6.75. The quantitative estimate of drug-likeness (QED) is 0.744. The van der Waals surface area contributed by atoms with Crippen LogP contribution < -0.4 is 5.32 Å². The third-order valence-electron chi connectivity index (χ3n) is 4.97. The normalized spacial score (nSPS) is 18.5. The molecule has 1 aromatic heterocycles. The highest BCUT2D eigenvalue weighted by Crippen LogP contribution is 2.36. The van der Waals surface area contributed by atoms with E-state index in [9.17, 15) is 4.79 Å². The van der Waals surface area contributed by atoms with Gasteiger partial charge in [-0.1, -0.05) is 18.1 Å². The molecule has 2 heterocycles. The molecular weight excluding hydrogens is 304 g/mol. The van der Waals surface area contributed by atoms with Gasteiger partial charge in [-0.25, -0.2) is 4.68 Å². The van der Waals surface area contributed by atoms with E-state index in [2.05, 4.69) is 31.8 Å². The van der Waals surface area contributed by atoms with E-state index >= 15 is 0 Å². The summed E-state index contributed by atoms with van der Waals surface area (Å²) < 4.78 is 1.87. The number of nitrogens with one attached hydrogen (secondary N) is 1. The van der Waals surface area contributed by atoms with Crippen molar-refractivity contribution in [3.63, 3.8) is 0 Å². The molecule has 0 unspecified atom stereocenters. The first-order valence-electron chi connectivity index (χ1n) is 8.69. The van der Waals surface area contributed by atoms with Gasteiger partial charge in [0, 0.05) is 32.4 Å². The molecule has 0 aromatic carbocycles. The lowest BCUT2D eigenvalue weighted by Crippen LogP contribution is -2.29. The van der Waals surface area contributed by atoms with Gasteiger partial charge in [0.2, 0.25) is 0 Å². The van der Waals surface area contributed by atoms with Gasteiger partial charge in [0.05, 0.1) is 5.69 Å². The summed E-state index contributed by atoms with van der Waals surface area (Å²) in [5.41, 5.74) is 0.881. The van der Waals surface area contributed by atoms with Gasteiger partial charge in [-0.2, -0.15) is 10.2 Å². The van der Waals surface area contributed by atoms with E-state index in [-0.39, 0.29) is 11.6 Å². The van der Waals surface area contributed by atoms with E-state index < -0.39 is 0 Å². The number of hydrogen-bond acceptors (Lipinski definition) is 5. The van der Waals surface area contributed by atoms with E-state index in [0.717, 1.165) is 18.7 Å². The van der Waals surface area contributed by atoms with Gasteiger partial charge in [-0.3, -0.25) is 4.79 Å². The predicted octanol–water partition coefficient (Wildman–Crippen LogP) is 2.47. The number of amides is 1. The van der Waals surface area contributed by atoms with Crippen LogP contribution in [0.4, 0.5) is 0 Å². The lowest BCUT2D eigenvalue weighted by molar-refractivity contribution is 0.0946. The molecule has 1 fully saturated rings. The Morgan fingerprint density at radius 3 is 2.79 bits per heavy atom. The highest BCUT2D eigenvalue weighted by molar-refractivity contribution is 5.93. The first-order chi connectivity index (χ1) is 11.6. The summed E-state index contributed by atoms with van der Waals surface area (Å²) in [5, 5.41) is 19.2. The molecule has 0 bridgehead atoms. The molecule has 1 N–H and O–H groups in total. The van der Waals surface area contributed by atoms with Crippen LogP contribution in [0.15, 0.2) is 10.2 Å². The molecule has 0 radical (unpaired) electrons. The fourth-order valence-corrected chi connectivity index (χ4v) is 3.31. The number of carbonyl (C=O) groups is 1. The first-order valence-corrected chi connectivity index (χ1v) is 8.69. The van der Waals surface area contributed by atoms with Crippen LogP contribution in [-0.2, 0) is 6.54 Å². The molecule has 24 heavy (non-hydrogen) atoms. The van der Waals surface area contributed by atoms with Crippen LogP contribution in [0.2, 0.25) is 0 Å². The Labute approximate surface area is 142 Å². The van der Waals surface area contributed by atoms with Gasteiger partial charge in [0.15, 0.2) is 11.4 Å². The number of carbonyl (C=O) groups excluding carboxylic acids is 1. The number of nitrogens with zero attached hydrogens (tertiary/aromatic N) is 5. The van der Waals surface area contributed by atoms with Crippen molar-refractivity contribution < 1.29 is 4.79 Å². The van der Waals surface area contributed by atoms with Crippen LogP contribution in [-0.4, -0.2) is 33.1 Å². The summed E-state index contributed by atoms with van der Waals surface area (Å²) in [6.45, 7) is 3.27. The highest BCUT2D eigenvalue weighted by Gasteiger charge is 2.38. The summed E-state index contributed by atoms with van der Waals surface area (Å²) in [6.07, 6.45) is 12.4. The molecule has 0 atom stereocenters. The third kappa shape index (κ3) is 3.81. The van der Waals surface area contributed by atoms with Crippen LogP contribution in [0.3, 0.4) is 0 Å². The van der Waals surface area contributed by atoms with Gasteiger partial charge in [0.25, 0.3) is 5.91 Å². The minimum atomic E-state index is -0.366. The van der Waals surface area contributed by atoms with Crippen molar-refractivity contribution in [2.45, 2.75) is 64.1 Å². The molecule has 128 valence electrons. The molecular formula is C17H24N6O. The summed E-state index contributed by atoms with van der Waals surface area (Å²) in [4.78, 5) is 12.3. The Morgan fingerprint density at radius 2 is 2.12 bits per heavy atom. The zero-order valence-corrected chi connectivity index (χ0v) is 14.2. The molecule has 2 aliphatic rings. The molecule has 1 saturated carbocycles. The van der Waals surface area contributed by atoms with Crippen LogP contribution in [0.5, 0.6) is 0 Å². The smallest absolute Gasteiger partial charge is 0.273 e. The zero-order chi connectivity index (χ0) is 17.0. The zero-order valence-electron chi connectivity index (χ0n) is 14.2. The maximum atomic E-state index is 12.3. The van der Waals surface area contributed by atoms with E-state index in [1.54, 1.807) is 0 Å². The molecule has 0 spiro atoms. The highest BCUT2D eigenvalue weighted by atomic mass is 16.2. The van der Waals surface area contributed by atoms with E-state index in [1.807, 2.05) is 11.6 Å². The summed E-state index contributed by atoms with van der Waals surface area (Å²) in [6, 6.07) is 0. The number of rotatable bonds is 8. The molecule has 3 rings (SSSR count). The largest absolute Gasteiger partial charge is 0.350 e. The molecule has 1 aliphatic carbocycles. The van der Waals surface area contributed by atoms with Crippen molar-refractivity contribution in [1.82, 2.24) is 20.3 Å². The van der Waals surface area contributed by atoms with Gasteiger partial charge in [-0.15, -0.1) is 17.4 Å². The van der Waals surface area contributed by atoms with Gasteiger partial charge >= 0.3 is 0 Å². The second-order valence-electron chi connectivity index (χ2n) is 6.75. The maximum absolute atomic E-state index is 12.3. The lowest BCUT2D eigenvalue weighted by Gasteiger charge is -2.10. The fourth-order valence-electron chi connectivity index (χ4n) is 3.31. The van der Waals surface area contributed by atoms with Crippen LogP contribution in [0.1, 0.15) is 61.1 Å². The minimum Gasteiger partial charge on any atom is -0.350 e. The van der Waals surface area contributed by atoms with Crippen molar-refractivity contribution in [3.8, 4) is 12.3 Å². The van der Waals surface area contributed by atoms with Gasteiger partial charge in [-0.05, 0) is 25.7 Å². The van der Waals surface area contributed by atoms with Crippen LogP contribution in [0.25, 0.3) is 0 Å². The molecule has 0 saturated heterocycles. The standard InChI is InChI=1S/C17H24N6O/c1-3-4-9-17(20-21-17)10-11-18-16(24)15-13(2)23(22-19-15)12-14-7-5-6-8-14/h1,14H,4-12H2,2H3,(H,18,24). The molecule has 1 amide bonds. The van der Waals surface area contributed by atoms with Crippen molar-refractivity contribution in [2.75, 3.05) is 6.54 Å². The SMILES string of the molecule is C#CCCC1(CCNC(=O)c2nnn(CC3CCCC3)c2C)N=N1. The summed E-state index contributed by atoms with van der Waals surface area (Å²) in [7, 11) is 0. The van der Waals surface area contributed by atoms with Crippen LogP contribution >= 0.6 is 0 Å². The average molecular weight is 328 g/mol. The lowest BCUT2D eigenvalue weighted by atomic mass is 10.0. The van der Waals surface area contributed by atoms with E-state index in [0.29, 0.717) is 31.0 Å². The molecule has 1 aromatic rings. The third-order valence-corrected chi connectivity index (χ3v) is 4.97. The van der Waals surface area contributed by atoms with Gasteiger partial charge < -0.3 is 5.32 Å². The van der Waals surface area contributed by atoms with E-state index in [1.165, 1.54) is 25.7 Å². The van der Waals surface area contributed by atoms with Crippen molar-refractivity contribution in [2.24, 2.45) is 16.1 Å². The Bertz CT molecular complexity index is 659. The fraction of sp³-hybridized carbons (Fsp3) is 0.706. The Kier molecular flexibility index (Phi) is 4.93. The monoisotopic (exact) mass is 328 g/mol. The average Bonchev–Trinajstić information content (AvgIpc) is 2.98. The topological polar surface area (TPSA) is 84.5 Å². The first kappa shape index (κ1) is 16.6. The number of aromatic nitrogens is 3. The minimum absolute atomic E-state index is 0.182. The maximum Gasteiger partial charge on any atom is 0.273 e. The summed E-state index contributed by atoms with van der Waals surface area (Å²) >= 11 is 0. The Morgan fingerprint density at radius 1 is 1.38 bits per heavy atom. The Hall–Kier alpha value is -2.23. The summed E-state index contributed by atoms with van der Waals surface area (Å²) in [5.74, 6) is 3.08. The second kappa shape index (κ2) is 7.12. The van der Waals surface area contributed by atoms with E-state index in [4.69, 9.17) is 6.42 Å². The number of terminal acetylenes is 1. The molecule has 7 nitrogen and oxygen atoms in total. The predicted molar refractivity (Wildman–Crippen MR) is 89.3 cm³/mol. The number of hydrogen-bond donors (Lipinski definition) is 1. The van der Waals surface area contributed by atoms with Crippen molar-refractivity contribution in [3.05, 3.63) is 11.4 Å². The molecule has 7 heteroatoms. The van der Waals surface area contributed by atoms with Crippen molar-refractivity contribution >= 4 is 5.91 Å². The Balaban J connectivity index is 1.48.